The highest BCUT2D eigenvalue weighted by Gasteiger charge is 2.31. The fourth-order valence-corrected chi connectivity index (χ4v) is 5.19. The second-order valence-electron chi connectivity index (χ2n) is 5.80. The lowest BCUT2D eigenvalue weighted by molar-refractivity contribution is -0.113. The van der Waals surface area contributed by atoms with Crippen molar-refractivity contribution >= 4 is 34.8 Å². The molecule has 1 amide bonds. The van der Waals surface area contributed by atoms with Crippen LogP contribution in [-0.2, 0) is 4.79 Å². The summed E-state index contributed by atoms with van der Waals surface area (Å²) in [6, 6.07) is 12.3. The van der Waals surface area contributed by atoms with Crippen LogP contribution >= 0.6 is 23.1 Å². The Labute approximate surface area is 148 Å². The van der Waals surface area contributed by atoms with Gasteiger partial charge in [-0.15, -0.1) is 23.1 Å². The van der Waals surface area contributed by atoms with E-state index < -0.39 is 0 Å². The highest BCUT2D eigenvalue weighted by molar-refractivity contribution is 8.00. The molecule has 0 saturated carbocycles. The molecule has 6 heteroatoms. The van der Waals surface area contributed by atoms with Crippen LogP contribution in [0.3, 0.4) is 0 Å². The van der Waals surface area contributed by atoms with Gasteiger partial charge in [0, 0.05) is 10.4 Å². The third-order valence-corrected chi connectivity index (χ3v) is 6.49. The molecule has 1 aliphatic heterocycles. The summed E-state index contributed by atoms with van der Waals surface area (Å²) in [5, 5.41) is 10.0. The lowest BCUT2D eigenvalue weighted by Gasteiger charge is -2.13. The Kier molecular flexibility index (Phi) is 3.94. The van der Waals surface area contributed by atoms with E-state index in [1.54, 1.807) is 23.1 Å². The molecule has 1 aromatic carbocycles. The first-order chi connectivity index (χ1) is 11.6. The number of nitrogens with one attached hydrogen (secondary N) is 1. The number of rotatable bonds is 2. The molecule has 1 N–H and O–H groups in total. The molecule has 1 atom stereocenters. The highest BCUT2D eigenvalue weighted by Crippen LogP contribution is 2.45. The van der Waals surface area contributed by atoms with Crippen LogP contribution in [0.5, 0.6) is 0 Å². The maximum Gasteiger partial charge on any atom is 0.235 e. The van der Waals surface area contributed by atoms with Crippen molar-refractivity contribution in [3.05, 3.63) is 63.5 Å². The van der Waals surface area contributed by atoms with E-state index in [0.717, 1.165) is 28.3 Å². The first kappa shape index (κ1) is 15.5. The van der Waals surface area contributed by atoms with Crippen molar-refractivity contribution in [3.8, 4) is 5.69 Å². The smallest absolute Gasteiger partial charge is 0.235 e. The third kappa shape index (κ3) is 2.56. The van der Waals surface area contributed by atoms with Crippen molar-refractivity contribution < 1.29 is 4.79 Å². The van der Waals surface area contributed by atoms with E-state index in [-0.39, 0.29) is 11.2 Å². The van der Waals surface area contributed by atoms with Crippen LogP contribution in [0.1, 0.15) is 26.9 Å². The van der Waals surface area contributed by atoms with E-state index >= 15 is 0 Å². The number of hydrogen-bond acceptors (Lipinski definition) is 4. The summed E-state index contributed by atoms with van der Waals surface area (Å²) in [4.78, 5) is 13.5. The van der Waals surface area contributed by atoms with Crippen LogP contribution in [-0.4, -0.2) is 21.4 Å². The first-order valence-corrected chi connectivity index (χ1v) is 9.68. The van der Waals surface area contributed by atoms with Crippen molar-refractivity contribution in [2.75, 3.05) is 11.1 Å². The van der Waals surface area contributed by atoms with Gasteiger partial charge in [0.05, 0.1) is 22.4 Å². The van der Waals surface area contributed by atoms with Crippen molar-refractivity contribution in [2.45, 2.75) is 19.1 Å². The molecule has 4 rings (SSSR count). The molecule has 0 spiro atoms. The summed E-state index contributed by atoms with van der Waals surface area (Å²) in [5.41, 5.74) is 4.19. The lowest BCUT2D eigenvalue weighted by atomic mass is 10.1. The average molecular weight is 355 g/mol. The van der Waals surface area contributed by atoms with E-state index in [0.29, 0.717) is 5.75 Å². The Hall–Kier alpha value is -2.05. The zero-order valence-electron chi connectivity index (χ0n) is 13.4. The van der Waals surface area contributed by atoms with Gasteiger partial charge in [-0.05, 0) is 36.9 Å². The molecule has 0 bridgehead atoms. The summed E-state index contributed by atoms with van der Waals surface area (Å²) in [5.74, 6) is 1.27. The summed E-state index contributed by atoms with van der Waals surface area (Å²) in [7, 11) is 0. The SMILES string of the molecule is Cc1ccccc1-n1nc(C)c2c1NC(=O)CSC2c1cccs1. The molecular weight excluding hydrogens is 338 g/mol. The van der Waals surface area contributed by atoms with Gasteiger partial charge in [0.25, 0.3) is 0 Å². The fraction of sp³-hybridized carbons (Fsp3) is 0.222. The maximum atomic E-state index is 12.3. The van der Waals surface area contributed by atoms with Gasteiger partial charge in [-0.3, -0.25) is 4.79 Å². The predicted octanol–water partition coefficient (Wildman–Crippen LogP) is 4.33. The van der Waals surface area contributed by atoms with Gasteiger partial charge >= 0.3 is 0 Å². The number of hydrogen-bond donors (Lipinski definition) is 1. The third-order valence-electron chi connectivity index (χ3n) is 4.15. The number of nitrogens with zero attached hydrogens (tertiary/aromatic N) is 2. The van der Waals surface area contributed by atoms with Crippen molar-refractivity contribution in [3.63, 3.8) is 0 Å². The van der Waals surface area contributed by atoms with Crippen LogP contribution < -0.4 is 5.32 Å². The minimum Gasteiger partial charge on any atom is -0.310 e. The molecule has 3 heterocycles. The van der Waals surface area contributed by atoms with Gasteiger partial charge in [0.2, 0.25) is 5.91 Å². The molecule has 1 unspecified atom stereocenters. The summed E-state index contributed by atoms with van der Waals surface area (Å²) in [6.45, 7) is 4.08. The number of fused-ring (bicyclic) bond motifs is 1. The number of thioether (sulfide) groups is 1. The zero-order valence-corrected chi connectivity index (χ0v) is 15.1. The summed E-state index contributed by atoms with van der Waals surface area (Å²) in [6.07, 6.45) is 0. The van der Waals surface area contributed by atoms with Gasteiger partial charge in [0.15, 0.2) is 0 Å². The number of amides is 1. The van der Waals surface area contributed by atoms with Gasteiger partial charge in [-0.1, -0.05) is 24.3 Å². The molecule has 24 heavy (non-hydrogen) atoms. The molecule has 0 radical (unpaired) electrons. The number of aromatic nitrogens is 2. The van der Waals surface area contributed by atoms with Crippen molar-refractivity contribution in [2.24, 2.45) is 0 Å². The van der Waals surface area contributed by atoms with E-state index in [9.17, 15) is 4.79 Å². The number of para-hydroxylation sites is 1. The Morgan fingerprint density at radius 1 is 1.21 bits per heavy atom. The Bertz CT molecular complexity index is 899. The highest BCUT2D eigenvalue weighted by atomic mass is 32.2. The zero-order chi connectivity index (χ0) is 16.7. The first-order valence-electron chi connectivity index (χ1n) is 7.75. The Morgan fingerprint density at radius 2 is 2.04 bits per heavy atom. The molecule has 0 aliphatic carbocycles. The van der Waals surface area contributed by atoms with E-state index in [4.69, 9.17) is 5.10 Å². The van der Waals surface area contributed by atoms with Crippen LogP contribution in [0, 0.1) is 13.8 Å². The van der Waals surface area contributed by atoms with Crippen LogP contribution in [0.15, 0.2) is 41.8 Å². The average Bonchev–Trinajstić information content (AvgIpc) is 3.15. The standard InChI is InChI=1S/C18H17N3OS2/c1-11-6-3-4-7-13(11)21-18-16(12(2)20-21)17(14-8-5-9-23-14)24-10-15(22)19-18/h3-9,17H,10H2,1-2H3,(H,19,22). The van der Waals surface area contributed by atoms with E-state index in [2.05, 4.69) is 35.8 Å². The molecule has 0 saturated heterocycles. The number of benzene rings is 1. The second kappa shape index (κ2) is 6.11. The number of carbonyl (C=O) groups excluding carboxylic acids is 1. The molecule has 0 fully saturated rings. The molecule has 1 aliphatic rings. The summed E-state index contributed by atoms with van der Waals surface area (Å²) < 4.78 is 1.88. The number of carbonyl (C=O) groups is 1. The van der Waals surface area contributed by atoms with Gasteiger partial charge < -0.3 is 5.32 Å². The molecular formula is C18H17N3OS2. The van der Waals surface area contributed by atoms with Crippen LogP contribution in [0.2, 0.25) is 0 Å². The monoisotopic (exact) mass is 355 g/mol. The topological polar surface area (TPSA) is 46.9 Å². The Balaban J connectivity index is 1.93. The van der Waals surface area contributed by atoms with Crippen LogP contribution in [0.4, 0.5) is 5.82 Å². The molecule has 3 aromatic rings. The molecule has 4 nitrogen and oxygen atoms in total. The van der Waals surface area contributed by atoms with Gasteiger partial charge in [0.1, 0.15) is 5.82 Å². The van der Waals surface area contributed by atoms with E-state index in [1.165, 1.54) is 4.88 Å². The molecule has 2 aromatic heterocycles. The van der Waals surface area contributed by atoms with Crippen molar-refractivity contribution in [1.29, 1.82) is 0 Å². The lowest BCUT2D eigenvalue weighted by Crippen LogP contribution is -2.16. The van der Waals surface area contributed by atoms with E-state index in [1.807, 2.05) is 29.8 Å². The summed E-state index contributed by atoms with van der Waals surface area (Å²) >= 11 is 3.39. The van der Waals surface area contributed by atoms with Gasteiger partial charge in [-0.25, -0.2) is 4.68 Å². The number of aryl methyl sites for hydroxylation is 2. The normalized spacial score (nSPS) is 17.2. The van der Waals surface area contributed by atoms with Crippen LogP contribution in [0.25, 0.3) is 5.69 Å². The maximum absolute atomic E-state index is 12.3. The van der Waals surface area contributed by atoms with Crippen molar-refractivity contribution in [1.82, 2.24) is 9.78 Å². The largest absolute Gasteiger partial charge is 0.310 e. The fourth-order valence-electron chi connectivity index (χ4n) is 3.02. The van der Waals surface area contributed by atoms with Gasteiger partial charge in [-0.2, -0.15) is 5.10 Å². The Morgan fingerprint density at radius 3 is 2.79 bits per heavy atom. The number of anilines is 1. The minimum absolute atomic E-state index is 0.0232. The quantitative estimate of drug-likeness (QED) is 0.744. The minimum atomic E-state index is 0.0232. The second-order valence-corrected chi connectivity index (χ2v) is 7.87. The number of thiophene rings is 1. The predicted molar refractivity (Wildman–Crippen MR) is 100 cm³/mol. The molecule has 122 valence electrons.